The molecule has 0 radical (unpaired) electrons. The third-order valence-electron chi connectivity index (χ3n) is 13.6. The quantitative estimate of drug-likeness (QED) is 0.397. The van der Waals surface area contributed by atoms with Gasteiger partial charge in [0.25, 0.3) is 0 Å². The summed E-state index contributed by atoms with van der Waals surface area (Å²) in [6, 6.07) is 0. The maximum absolute atomic E-state index is 11.2. The maximum atomic E-state index is 11.2. The van der Waals surface area contributed by atoms with Crippen molar-refractivity contribution in [1.82, 2.24) is 0 Å². The monoisotopic (exact) mass is 442 g/mol. The van der Waals surface area contributed by atoms with Crippen LogP contribution in [0.15, 0.2) is 11.6 Å². The SMILES string of the molecule is CC1=C[C@@H](O)[C@]2(C)CC[C@]3(C)[C@H](CC[C@@H]4[C@@]5(C)CC[C@H](O)C(C)(C)[C@@H]5CC[C@]43C)[C@H]2[C@@H]1C. The topological polar surface area (TPSA) is 40.5 Å². The Hall–Kier alpha value is -0.340. The molecule has 4 fully saturated rings. The normalized spacial score (nSPS) is 59.2. The summed E-state index contributed by atoms with van der Waals surface area (Å²) in [4.78, 5) is 0. The second-order valence-corrected chi connectivity index (χ2v) is 14.7. The molecular formula is C30H50O2. The van der Waals surface area contributed by atoms with Crippen LogP contribution in [0.5, 0.6) is 0 Å². The van der Waals surface area contributed by atoms with E-state index in [1.807, 2.05) is 0 Å². The van der Waals surface area contributed by atoms with E-state index in [1.165, 1.54) is 44.1 Å². The fraction of sp³-hybridized carbons (Fsp3) is 0.933. The lowest BCUT2D eigenvalue weighted by Crippen LogP contribution is -2.67. The van der Waals surface area contributed by atoms with Crippen LogP contribution in [0, 0.1) is 56.7 Å². The Labute approximate surface area is 197 Å². The van der Waals surface area contributed by atoms with Crippen LogP contribution in [0.4, 0.5) is 0 Å². The van der Waals surface area contributed by atoms with Gasteiger partial charge >= 0.3 is 0 Å². The molecule has 0 unspecified atom stereocenters. The first-order chi connectivity index (χ1) is 14.7. The summed E-state index contributed by atoms with van der Waals surface area (Å²) >= 11 is 0. The number of rotatable bonds is 0. The molecule has 5 rings (SSSR count). The van der Waals surface area contributed by atoms with Gasteiger partial charge in [-0.1, -0.05) is 60.1 Å². The lowest BCUT2D eigenvalue weighted by atomic mass is 9.31. The lowest BCUT2D eigenvalue weighted by Gasteiger charge is -2.73. The summed E-state index contributed by atoms with van der Waals surface area (Å²) in [6.45, 7) is 19.8. The second-order valence-electron chi connectivity index (χ2n) is 14.7. The molecule has 0 bridgehead atoms. The Kier molecular flexibility index (Phi) is 5.02. The Morgan fingerprint density at radius 2 is 1.44 bits per heavy atom. The molecule has 2 heteroatoms. The van der Waals surface area contributed by atoms with Gasteiger partial charge in [0.2, 0.25) is 0 Å². The molecule has 2 nitrogen and oxygen atoms in total. The summed E-state index contributed by atoms with van der Waals surface area (Å²) in [5, 5.41) is 22.1. The summed E-state index contributed by atoms with van der Waals surface area (Å²) < 4.78 is 0. The molecule has 5 aliphatic rings. The minimum atomic E-state index is -0.285. The molecule has 11 atom stereocenters. The zero-order valence-corrected chi connectivity index (χ0v) is 22.2. The summed E-state index contributed by atoms with van der Waals surface area (Å²) in [7, 11) is 0. The molecule has 0 spiro atoms. The zero-order chi connectivity index (χ0) is 23.5. The van der Waals surface area contributed by atoms with Gasteiger partial charge < -0.3 is 10.2 Å². The maximum Gasteiger partial charge on any atom is 0.0780 e. The molecular weight excluding hydrogens is 392 g/mol. The molecule has 0 aliphatic heterocycles. The molecule has 0 aromatic carbocycles. The lowest BCUT2D eigenvalue weighted by molar-refractivity contribution is -0.255. The summed E-state index contributed by atoms with van der Waals surface area (Å²) in [5.41, 5.74) is 2.53. The molecule has 0 aromatic rings. The fourth-order valence-electron chi connectivity index (χ4n) is 11.3. The smallest absolute Gasteiger partial charge is 0.0780 e. The van der Waals surface area contributed by atoms with Crippen LogP contribution in [-0.4, -0.2) is 22.4 Å². The average molecular weight is 443 g/mol. The standard InChI is InChI=1S/C30H50O2/c1-18-17-24(32)28(6)15-16-29(7)20(25(28)19(18)2)9-10-22-27(5)13-12-23(31)26(3,4)21(27)11-14-30(22,29)8/h17,19-25,31-32H,9-16H2,1-8H3/t19-,20-,21+,22-,23+,24-,25-,27+,28+,29-,30-/m1/s1. The third kappa shape index (κ3) is 2.61. The van der Waals surface area contributed by atoms with E-state index in [0.29, 0.717) is 39.9 Å². The zero-order valence-electron chi connectivity index (χ0n) is 22.2. The van der Waals surface area contributed by atoms with Gasteiger partial charge in [-0.25, -0.2) is 0 Å². The van der Waals surface area contributed by atoms with Crippen LogP contribution < -0.4 is 0 Å². The third-order valence-corrected chi connectivity index (χ3v) is 13.6. The number of hydrogen-bond acceptors (Lipinski definition) is 2. The van der Waals surface area contributed by atoms with Gasteiger partial charge in [-0.3, -0.25) is 0 Å². The van der Waals surface area contributed by atoms with Gasteiger partial charge in [-0.05, 0) is 110 Å². The van der Waals surface area contributed by atoms with Crippen LogP contribution in [0.2, 0.25) is 0 Å². The van der Waals surface area contributed by atoms with Gasteiger partial charge in [-0.2, -0.15) is 0 Å². The van der Waals surface area contributed by atoms with E-state index in [2.05, 4.69) is 61.5 Å². The summed E-state index contributed by atoms with van der Waals surface area (Å²) in [5.74, 6) is 3.26. The first-order valence-electron chi connectivity index (χ1n) is 13.8. The molecule has 32 heavy (non-hydrogen) atoms. The Morgan fingerprint density at radius 1 is 0.750 bits per heavy atom. The molecule has 0 aromatic heterocycles. The van der Waals surface area contributed by atoms with E-state index in [-0.39, 0.29) is 23.0 Å². The number of allylic oxidation sites excluding steroid dienone is 1. The van der Waals surface area contributed by atoms with E-state index < -0.39 is 0 Å². The van der Waals surface area contributed by atoms with Gasteiger partial charge in [0.05, 0.1) is 12.2 Å². The number of aliphatic hydroxyl groups is 2. The van der Waals surface area contributed by atoms with Crippen LogP contribution >= 0.6 is 0 Å². The van der Waals surface area contributed by atoms with Crippen LogP contribution in [0.3, 0.4) is 0 Å². The van der Waals surface area contributed by atoms with Crippen molar-refractivity contribution in [2.75, 3.05) is 0 Å². The van der Waals surface area contributed by atoms with Crippen LogP contribution in [0.1, 0.15) is 107 Å². The van der Waals surface area contributed by atoms with Crippen molar-refractivity contribution < 1.29 is 10.2 Å². The molecule has 0 heterocycles. The van der Waals surface area contributed by atoms with Crippen molar-refractivity contribution in [3.63, 3.8) is 0 Å². The molecule has 4 saturated carbocycles. The van der Waals surface area contributed by atoms with E-state index in [4.69, 9.17) is 0 Å². The van der Waals surface area contributed by atoms with Gasteiger partial charge in [0, 0.05) is 5.41 Å². The van der Waals surface area contributed by atoms with Crippen molar-refractivity contribution in [2.24, 2.45) is 56.7 Å². The largest absolute Gasteiger partial charge is 0.393 e. The first-order valence-corrected chi connectivity index (χ1v) is 13.8. The highest BCUT2D eigenvalue weighted by Crippen LogP contribution is 2.76. The predicted molar refractivity (Wildman–Crippen MR) is 132 cm³/mol. The van der Waals surface area contributed by atoms with E-state index in [9.17, 15) is 10.2 Å². The average Bonchev–Trinajstić information content (AvgIpc) is 2.71. The highest BCUT2D eigenvalue weighted by molar-refractivity contribution is 5.24. The second kappa shape index (κ2) is 6.87. The molecule has 5 aliphatic carbocycles. The first kappa shape index (κ1) is 23.4. The highest BCUT2D eigenvalue weighted by Gasteiger charge is 2.70. The molecule has 0 amide bonds. The van der Waals surface area contributed by atoms with Crippen molar-refractivity contribution in [3.05, 3.63) is 11.6 Å². The number of aliphatic hydroxyl groups excluding tert-OH is 2. The van der Waals surface area contributed by atoms with E-state index in [1.54, 1.807) is 0 Å². The van der Waals surface area contributed by atoms with Crippen molar-refractivity contribution in [1.29, 1.82) is 0 Å². The minimum absolute atomic E-state index is 0.0289. The van der Waals surface area contributed by atoms with E-state index in [0.717, 1.165) is 18.8 Å². The molecule has 0 saturated heterocycles. The molecule has 182 valence electrons. The number of fused-ring (bicyclic) bond motifs is 7. The van der Waals surface area contributed by atoms with Crippen molar-refractivity contribution in [3.8, 4) is 0 Å². The Balaban J connectivity index is 1.56. The summed E-state index contributed by atoms with van der Waals surface area (Å²) in [6.07, 6.45) is 11.6. The molecule has 2 N–H and O–H groups in total. The van der Waals surface area contributed by atoms with Gasteiger partial charge in [0.15, 0.2) is 0 Å². The minimum Gasteiger partial charge on any atom is -0.393 e. The highest BCUT2D eigenvalue weighted by atomic mass is 16.3. The predicted octanol–water partition coefficient (Wildman–Crippen LogP) is 7.00. The van der Waals surface area contributed by atoms with Crippen LogP contribution in [-0.2, 0) is 0 Å². The van der Waals surface area contributed by atoms with Crippen molar-refractivity contribution in [2.45, 2.75) is 119 Å². The van der Waals surface area contributed by atoms with Gasteiger partial charge in [-0.15, -0.1) is 0 Å². The van der Waals surface area contributed by atoms with E-state index >= 15 is 0 Å². The van der Waals surface area contributed by atoms with Crippen LogP contribution in [0.25, 0.3) is 0 Å². The Bertz CT molecular complexity index is 814. The Morgan fingerprint density at radius 3 is 2.12 bits per heavy atom. The fourth-order valence-corrected chi connectivity index (χ4v) is 11.3. The van der Waals surface area contributed by atoms with Gasteiger partial charge in [0.1, 0.15) is 0 Å². The number of hydrogen-bond donors (Lipinski definition) is 2. The van der Waals surface area contributed by atoms with Crippen molar-refractivity contribution >= 4 is 0 Å².